The van der Waals surface area contributed by atoms with Crippen molar-refractivity contribution in [3.63, 3.8) is 0 Å². The molecular formula is C19H21NO4. The molecule has 0 unspecified atom stereocenters. The first-order chi connectivity index (χ1) is 11.6. The van der Waals surface area contributed by atoms with Crippen LogP contribution in [0.15, 0.2) is 48.5 Å². The van der Waals surface area contributed by atoms with Crippen LogP contribution in [-0.4, -0.2) is 25.1 Å². The van der Waals surface area contributed by atoms with Gasteiger partial charge in [-0.1, -0.05) is 43.3 Å². The molecule has 0 radical (unpaired) electrons. The maximum absolute atomic E-state index is 11.9. The molecule has 0 heterocycles. The van der Waals surface area contributed by atoms with Gasteiger partial charge in [0, 0.05) is 5.69 Å². The number of para-hydroxylation sites is 2. The second-order valence-corrected chi connectivity index (χ2v) is 5.27. The monoisotopic (exact) mass is 327 g/mol. The van der Waals surface area contributed by atoms with Gasteiger partial charge in [-0.05, 0) is 36.6 Å². The normalized spacial score (nSPS) is 10.1. The summed E-state index contributed by atoms with van der Waals surface area (Å²) >= 11 is 0. The van der Waals surface area contributed by atoms with Crippen molar-refractivity contribution in [3.05, 3.63) is 59.7 Å². The Morgan fingerprint density at radius 2 is 1.71 bits per heavy atom. The average Bonchev–Trinajstić information content (AvgIpc) is 2.59. The van der Waals surface area contributed by atoms with Crippen LogP contribution < -0.4 is 10.1 Å². The van der Waals surface area contributed by atoms with E-state index < -0.39 is 5.97 Å². The standard InChI is InChI=1S/C19H21NO4/c1-3-15-9-5-6-10-16(15)20-18(21)12-24-19(22)13-23-17-11-7-4-8-14(17)2/h4-11H,3,12-13H2,1-2H3,(H,20,21). The molecule has 2 aromatic rings. The highest BCUT2D eigenvalue weighted by Crippen LogP contribution is 2.16. The Morgan fingerprint density at radius 1 is 1.00 bits per heavy atom. The highest BCUT2D eigenvalue weighted by Gasteiger charge is 2.10. The number of anilines is 1. The molecule has 0 fully saturated rings. The van der Waals surface area contributed by atoms with Crippen LogP contribution in [0.3, 0.4) is 0 Å². The number of esters is 1. The third-order valence-corrected chi connectivity index (χ3v) is 3.48. The summed E-state index contributed by atoms with van der Waals surface area (Å²) in [4.78, 5) is 23.6. The number of amides is 1. The lowest BCUT2D eigenvalue weighted by Gasteiger charge is -2.11. The molecule has 0 aliphatic rings. The Bertz CT molecular complexity index is 712. The molecule has 1 amide bonds. The van der Waals surface area contributed by atoms with Gasteiger partial charge < -0.3 is 14.8 Å². The summed E-state index contributed by atoms with van der Waals surface area (Å²) in [5.74, 6) is -0.340. The number of hydrogen-bond acceptors (Lipinski definition) is 4. The number of nitrogens with one attached hydrogen (secondary N) is 1. The number of benzene rings is 2. The second kappa shape index (κ2) is 8.72. The van der Waals surface area contributed by atoms with E-state index in [-0.39, 0.29) is 19.1 Å². The topological polar surface area (TPSA) is 64.6 Å². The Morgan fingerprint density at radius 3 is 2.46 bits per heavy atom. The molecule has 0 spiro atoms. The molecule has 0 saturated heterocycles. The molecule has 24 heavy (non-hydrogen) atoms. The van der Waals surface area contributed by atoms with Gasteiger partial charge >= 0.3 is 5.97 Å². The van der Waals surface area contributed by atoms with Gasteiger partial charge in [-0.15, -0.1) is 0 Å². The van der Waals surface area contributed by atoms with Crippen molar-refractivity contribution in [2.24, 2.45) is 0 Å². The van der Waals surface area contributed by atoms with E-state index in [0.717, 1.165) is 23.2 Å². The van der Waals surface area contributed by atoms with Gasteiger partial charge in [-0.3, -0.25) is 4.79 Å². The summed E-state index contributed by atoms with van der Waals surface area (Å²) in [6.07, 6.45) is 0.806. The summed E-state index contributed by atoms with van der Waals surface area (Å²) in [6, 6.07) is 14.9. The molecular weight excluding hydrogens is 306 g/mol. The molecule has 2 rings (SSSR count). The van der Waals surface area contributed by atoms with Gasteiger partial charge in [0.1, 0.15) is 5.75 Å². The predicted molar refractivity (Wildman–Crippen MR) is 92.1 cm³/mol. The lowest BCUT2D eigenvalue weighted by Crippen LogP contribution is -2.24. The fourth-order valence-electron chi connectivity index (χ4n) is 2.18. The molecule has 126 valence electrons. The van der Waals surface area contributed by atoms with Crippen molar-refractivity contribution in [3.8, 4) is 5.75 Å². The van der Waals surface area contributed by atoms with Gasteiger partial charge in [0.25, 0.3) is 5.91 Å². The highest BCUT2D eigenvalue weighted by molar-refractivity contribution is 5.93. The molecule has 2 aromatic carbocycles. The molecule has 5 nitrogen and oxygen atoms in total. The van der Waals surface area contributed by atoms with E-state index in [4.69, 9.17) is 9.47 Å². The van der Waals surface area contributed by atoms with Crippen molar-refractivity contribution in [2.75, 3.05) is 18.5 Å². The largest absolute Gasteiger partial charge is 0.482 e. The molecule has 0 atom stereocenters. The highest BCUT2D eigenvalue weighted by atomic mass is 16.6. The zero-order valence-electron chi connectivity index (χ0n) is 13.9. The lowest BCUT2D eigenvalue weighted by atomic mass is 10.1. The number of hydrogen-bond donors (Lipinski definition) is 1. The van der Waals surface area contributed by atoms with Gasteiger partial charge in [0.2, 0.25) is 0 Å². The number of ether oxygens (including phenoxy) is 2. The van der Waals surface area contributed by atoms with E-state index in [1.54, 1.807) is 6.07 Å². The molecule has 0 saturated carbocycles. The maximum atomic E-state index is 11.9. The Kier molecular flexibility index (Phi) is 6.37. The number of rotatable bonds is 7. The fraction of sp³-hybridized carbons (Fsp3) is 0.263. The van der Waals surface area contributed by atoms with Crippen molar-refractivity contribution >= 4 is 17.6 Å². The molecule has 5 heteroatoms. The summed E-state index contributed by atoms with van der Waals surface area (Å²) in [6.45, 7) is 3.32. The van der Waals surface area contributed by atoms with Crippen molar-refractivity contribution in [1.29, 1.82) is 0 Å². The van der Waals surface area contributed by atoms with E-state index >= 15 is 0 Å². The van der Waals surface area contributed by atoms with Gasteiger partial charge in [-0.2, -0.15) is 0 Å². The van der Waals surface area contributed by atoms with Crippen molar-refractivity contribution < 1.29 is 19.1 Å². The van der Waals surface area contributed by atoms with Gasteiger partial charge in [-0.25, -0.2) is 4.79 Å². The third kappa shape index (κ3) is 5.12. The fourth-order valence-corrected chi connectivity index (χ4v) is 2.18. The molecule has 0 aliphatic carbocycles. The minimum absolute atomic E-state index is 0.232. The first kappa shape index (κ1) is 17.5. The number of carbonyl (C=O) groups excluding carboxylic acids is 2. The van der Waals surface area contributed by atoms with Crippen molar-refractivity contribution in [1.82, 2.24) is 0 Å². The van der Waals surface area contributed by atoms with Crippen LogP contribution in [0.5, 0.6) is 5.75 Å². The molecule has 0 bridgehead atoms. The first-order valence-corrected chi connectivity index (χ1v) is 7.82. The summed E-state index contributed by atoms with van der Waals surface area (Å²) in [5, 5.41) is 2.74. The van der Waals surface area contributed by atoms with Crippen LogP contribution in [0.4, 0.5) is 5.69 Å². The summed E-state index contributed by atoms with van der Waals surface area (Å²) < 4.78 is 10.3. The van der Waals surface area contributed by atoms with Crippen LogP contribution >= 0.6 is 0 Å². The quantitative estimate of drug-likeness (QED) is 0.794. The van der Waals surface area contributed by atoms with Gasteiger partial charge in [0.05, 0.1) is 0 Å². The molecule has 0 aromatic heterocycles. The van der Waals surface area contributed by atoms with E-state index in [1.165, 1.54) is 0 Å². The zero-order valence-corrected chi connectivity index (χ0v) is 13.9. The third-order valence-electron chi connectivity index (χ3n) is 3.48. The Hall–Kier alpha value is -2.82. The lowest BCUT2D eigenvalue weighted by molar-refractivity contribution is -0.149. The SMILES string of the molecule is CCc1ccccc1NC(=O)COC(=O)COc1ccccc1C. The van der Waals surface area contributed by atoms with Crippen LogP contribution in [0.2, 0.25) is 0 Å². The van der Waals surface area contributed by atoms with E-state index in [0.29, 0.717) is 5.75 Å². The Labute approximate surface area is 141 Å². The average molecular weight is 327 g/mol. The molecule has 0 aliphatic heterocycles. The van der Waals surface area contributed by atoms with E-state index in [2.05, 4.69) is 5.32 Å². The Balaban J connectivity index is 1.77. The van der Waals surface area contributed by atoms with Crippen LogP contribution in [-0.2, 0) is 20.7 Å². The van der Waals surface area contributed by atoms with Gasteiger partial charge in [0.15, 0.2) is 13.2 Å². The predicted octanol–water partition coefficient (Wildman–Crippen LogP) is 3.12. The smallest absolute Gasteiger partial charge is 0.344 e. The second-order valence-electron chi connectivity index (χ2n) is 5.27. The summed E-state index contributed by atoms with van der Waals surface area (Å²) in [7, 11) is 0. The maximum Gasteiger partial charge on any atom is 0.344 e. The molecule has 1 N–H and O–H groups in total. The van der Waals surface area contributed by atoms with E-state index in [1.807, 2.05) is 56.3 Å². The van der Waals surface area contributed by atoms with Crippen molar-refractivity contribution in [2.45, 2.75) is 20.3 Å². The first-order valence-electron chi connectivity index (χ1n) is 7.82. The minimum atomic E-state index is -0.586. The number of carbonyl (C=O) groups is 2. The van der Waals surface area contributed by atoms with Crippen LogP contribution in [0.1, 0.15) is 18.1 Å². The summed E-state index contributed by atoms with van der Waals surface area (Å²) in [5.41, 5.74) is 2.69. The van der Waals surface area contributed by atoms with E-state index in [9.17, 15) is 9.59 Å². The van der Waals surface area contributed by atoms with Crippen LogP contribution in [0.25, 0.3) is 0 Å². The van der Waals surface area contributed by atoms with Crippen LogP contribution in [0, 0.1) is 6.92 Å². The minimum Gasteiger partial charge on any atom is -0.482 e. The number of aryl methyl sites for hydroxylation is 2. The zero-order chi connectivity index (χ0) is 17.4.